The molecule has 1 amide bonds. The Balaban J connectivity index is 2.03. The highest BCUT2D eigenvalue weighted by Crippen LogP contribution is 2.51. The molecule has 1 saturated carbocycles. The van der Waals surface area contributed by atoms with E-state index < -0.39 is 17.7 Å². The lowest BCUT2D eigenvalue weighted by molar-refractivity contribution is -0.138. The van der Waals surface area contributed by atoms with Crippen LogP contribution in [0.3, 0.4) is 0 Å². The molecule has 128 valence electrons. The number of nitrogens with one attached hydrogen (secondary N) is 1. The van der Waals surface area contributed by atoms with E-state index in [1.807, 2.05) is 6.26 Å². The topological polar surface area (TPSA) is 49.3 Å². The zero-order valence-corrected chi connectivity index (χ0v) is 13.6. The van der Waals surface area contributed by atoms with Crippen LogP contribution < -0.4 is 5.32 Å². The Morgan fingerprint density at radius 1 is 1.43 bits per heavy atom. The summed E-state index contributed by atoms with van der Waals surface area (Å²) in [5, 5.41) is 11.8. The van der Waals surface area contributed by atoms with Gasteiger partial charge >= 0.3 is 6.18 Å². The lowest BCUT2D eigenvalue weighted by Crippen LogP contribution is -2.38. The third-order valence-corrected chi connectivity index (χ3v) is 4.72. The first-order valence-corrected chi connectivity index (χ1v) is 8.84. The van der Waals surface area contributed by atoms with Crippen molar-refractivity contribution in [2.75, 3.05) is 18.6 Å². The summed E-state index contributed by atoms with van der Waals surface area (Å²) in [7, 11) is 0. The molecule has 1 fully saturated rings. The van der Waals surface area contributed by atoms with Crippen LogP contribution in [0.15, 0.2) is 24.3 Å². The van der Waals surface area contributed by atoms with E-state index in [1.54, 1.807) is 17.8 Å². The van der Waals surface area contributed by atoms with Crippen LogP contribution in [0.5, 0.6) is 0 Å². The van der Waals surface area contributed by atoms with E-state index in [0.29, 0.717) is 18.6 Å². The van der Waals surface area contributed by atoms with Crippen molar-refractivity contribution in [3.8, 4) is 0 Å². The second kappa shape index (κ2) is 7.57. The molecule has 3 unspecified atom stereocenters. The molecule has 0 aromatic heterocycles. The number of aliphatic hydroxyl groups is 1. The monoisotopic (exact) mass is 347 g/mol. The van der Waals surface area contributed by atoms with Crippen LogP contribution >= 0.6 is 11.8 Å². The fraction of sp³-hybridized carbons (Fsp3) is 0.562. The lowest BCUT2D eigenvalue weighted by atomic mass is 10.0. The molecule has 23 heavy (non-hydrogen) atoms. The largest absolute Gasteiger partial charge is 0.416 e. The Hall–Kier alpha value is -1.21. The fourth-order valence-corrected chi connectivity index (χ4v) is 3.42. The second-order valence-corrected chi connectivity index (χ2v) is 6.62. The first kappa shape index (κ1) is 18.1. The summed E-state index contributed by atoms with van der Waals surface area (Å²) < 4.78 is 39.1. The number of rotatable bonds is 7. The Bertz CT molecular complexity index is 544. The molecule has 1 aromatic carbocycles. The molecule has 1 aromatic rings. The minimum Gasteiger partial charge on any atom is -0.396 e. The summed E-state index contributed by atoms with van der Waals surface area (Å²) in [5.41, 5.74) is -0.458. The molecular formula is C16H20F3NO2S. The molecule has 3 atom stereocenters. The molecule has 0 saturated heterocycles. The van der Waals surface area contributed by atoms with E-state index in [4.69, 9.17) is 5.11 Å². The summed E-state index contributed by atoms with van der Waals surface area (Å²) in [6, 6.07) is 5.29. The van der Waals surface area contributed by atoms with Crippen molar-refractivity contribution < 1.29 is 23.1 Å². The van der Waals surface area contributed by atoms with Crippen LogP contribution in [0, 0.1) is 5.92 Å². The number of amides is 1. The van der Waals surface area contributed by atoms with Gasteiger partial charge in [-0.15, -0.1) is 0 Å². The van der Waals surface area contributed by atoms with E-state index >= 15 is 0 Å². The van der Waals surface area contributed by atoms with Gasteiger partial charge in [0.1, 0.15) is 0 Å². The van der Waals surface area contributed by atoms with Crippen molar-refractivity contribution >= 4 is 17.7 Å². The quantitative estimate of drug-likeness (QED) is 0.797. The molecule has 0 aliphatic heterocycles. The Morgan fingerprint density at radius 2 is 2.13 bits per heavy atom. The number of thioether (sulfide) groups is 1. The SMILES string of the molecule is CSCC(CCO)NC(=O)C1CC1c1ccccc1C(F)(F)F. The van der Waals surface area contributed by atoms with Crippen molar-refractivity contribution in [1.82, 2.24) is 5.32 Å². The molecule has 0 bridgehead atoms. The van der Waals surface area contributed by atoms with Gasteiger partial charge in [-0.2, -0.15) is 24.9 Å². The van der Waals surface area contributed by atoms with Crippen molar-refractivity contribution in [1.29, 1.82) is 0 Å². The van der Waals surface area contributed by atoms with Gasteiger partial charge in [0.25, 0.3) is 0 Å². The average Bonchev–Trinajstić information content (AvgIpc) is 3.27. The molecule has 1 aliphatic carbocycles. The standard InChI is InChI=1S/C16H20F3NO2S/c1-23-9-10(6-7-21)20-15(22)13-8-12(13)11-4-2-3-5-14(11)16(17,18)19/h2-5,10,12-13,21H,6-9H2,1H3,(H,20,22). The molecule has 7 heteroatoms. The maximum Gasteiger partial charge on any atom is 0.416 e. The minimum absolute atomic E-state index is 0.0312. The van der Waals surface area contributed by atoms with Gasteiger partial charge in [-0.25, -0.2) is 0 Å². The zero-order chi connectivity index (χ0) is 17.0. The predicted octanol–water partition coefficient (Wildman–Crippen LogP) is 3.04. The third-order valence-electron chi connectivity index (χ3n) is 3.98. The maximum atomic E-state index is 13.0. The third kappa shape index (κ3) is 4.64. The summed E-state index contributed by atoms with van der Waals surface area (Å²) in [5.74, 6) is -0.346. The number of carbonyl (C=O) groups excluding carboxylic acids is 1. The second-order valence-electron chi connectivity index (χ2n) is 5.71. The molecule has 1 aliphatic rings. The number of hydrogen-bond acceptors (Lipinski definition) is 3. The molecule has 3 nitrogen and oxygen atoms in total. The van der Waals surface area contributed by atoms with Crippen molar-refractivity contribution in [2.24, 2.45) is 5.92 Å². The predicted molar refractivity (Wildman–Crippen MR) is 84.3 cm³/mol. The van der Waals surface area contributed by atoms with Crippen molar-refractivity contribution in [3.05, 3.63) is 35.4 Å². The summed E-state index contributed by atoms with van der Waals surface area (Å²) in [4.78, 5) is 12.2. The highest BCUT2D eigenvalue weighted by molar-refractivity contribution is 7.98. The molecule has 2 rings (SSSR count). The molecule has 0 spiro atoms. The first-order chi connectivity index (χ1) is 10.9. The number of aliphatic hydroxyl groups excluding tert-OH is 1. The Labute approximate surface area is 137 Å². The number of alkyl halides is 3. The van der Waals surface area contributed by atoms with Gasteiger partial charge in [0, 0.05) is 24.3 Å². The number of benzene rings is 1. The fourth-order valence-electron chi connectivity index (χ4n) is 2.77. The van der Waals surface area contributed by atoms with Gasteiger partial charge in [0.05, 0.1) is 5.56 Å². The van der Waals surface area contributed by atoms with E-state index in [1.165, 1.54) is 12.1 Å². The van der Waals surface area contributed by atoms with Crippen LogP contribution in [0.25, 0.3) is 0 Å². The molecular weight excluding hydrogens is 327 g/mol. The van der Waals surface area contributed by atoms with Gasteiger partial charge in [0.15, 0.2) is 0 Å². The van der Waals surface area contributed by atoms with E-state index in [2.05, 4.69) is 5.32 Å². The van der Waals surface area contributed by atoms with Gasteiger partial charge in [0.2, 0.25) is 5.91 Å². The number of halogens is 3. The minimum atomic E-state index is -4.40. The highest BCUT2D eigenvalue weighted by atomic mass is 32.2. The molecule has 2 N–H and O–H groups in total. The Kier molecular flexibility index (Phi) is 5.97. The normalized spacial score (nSPS) is 21.8. The first-order valence-electron chi connectivity index (χ1n) is 7.44. The van der Waals surface area contributed by atoms with Gasteiger partial charge < -0.3 is 10.4 Å². The average molecular weight is 347 g/mol. The van der Waals surface area contributed by atoms with Gasteiger partial charge in [-0.05, 0) is 36.6 Å². The molecule has 0 heterocycles. The van der Waals surface area contributed by atoms with Gasteiger partial charge in [-0.3, -0.25) is 4.79 Å². The van der Waals surface area contributed by atoms with Crippen LogP contribution in [-0.2, 0) is 11.0 Å². The van der Waals surface area contributed by atoms with Crippen LogP contribution in [-0.4, -0.2) is 35.7 Å². The van der Waals surface area contributed by atoms with E-state index in [0.717, 1.165) is 6.07 Å². The number of carbonyl (C=O) groups is 1. The highest BCUT2D eigenvalue weighted by Gasteiger charge is 2.48. The van der Waals surface area contributed by atoms with Crippen LogP contribution in [0.2, 0.25) is 0 Å². The smallest absolute Gasteiger partial charge is 0.396 e. The maximum absolute atomic E-state index is 13.0. The Morgan fingerprint density at radius 3 is 2.74 bits per heavy atom. The van der Waals surface area contributed by atoms with E-state index in [-0.39, 0.29) is 30.0 Å². The summed E-state index contributed by atoms with van der Waals surface area (Å²) in [6.45, 7) is -0.0312. The van der Waals surface area contributed by atoms with Crippen LogP contribution in [0.1, 0.15) is 29.9 Å². The summed E-state index contributed by atoms with van der Waals surface area (Å²) in [6.07, 6.45) is -1.62. The lowest BCUT2D eigenvalue weighted by Gasteiger charge is -2.17. The van der Waals surface area contributed by atoms with Crippen molar-refractivity contribution in [2.45, 2.75) is 31.0 Å². The molecule has 0 radical (unpaired) electrons. The zero-order valence-electron chi connectivity index (χ0n) is 12.8. The number of hydrogen-bond donors (Lipinski definition) is 2. The van der Waals surface area contributed by atoms with Crippen molar-refractivity contribution in [3.63, 3.8) is 0 Å². The van der Waals surface area contributed by atoms with Crippen LogP contribution in [0.4, 0.5) is 13.2 Å². The van der Waals surface area contributed by atoms with E-state index in [9.17, 15) is 18.0 Å². The van der Waals surface area contributed by atoms with Gasteiger partial charge in [-0.1, -0.05) is 18.2 Å². The summed E-state index contributed by atoms with van der Waals surface area (Å²) >= 11 is 1.55.